The van der Waals surface area contributed by atoms with Gasteiger partial charge in [-0.3, -0.25) is 9.88 Å². The topological polar surface area (TPSA) is 92.7 Å². The van der Waals surface area contributed by atoms with E-state index < -0.39 is 48.0 Å². The number of benzene rings is 2. The summed E-state index contributed by atoms with van der Waals surface area (Å²) in [5, 5.41) is 4.48. The molecule has 0 unspecified atom stereocenters. The first-order chi connectivity index (χ1) is 23.0. The molecule has 3 atom stereocenters. The van der Waals surface area contributed by atoms with Gasteiger partial charge in [-0.15, -0.1) is 0 Å². The number of rotatable bonds is 3. The first-order valence-electron chi connectivity index (χ1n) is 16.5. The molecular formula is C35H36F4N6O3. The summed E-state index contributed by atoms with van der Waals surface area (Å²) in [4.78, 5) is 30.0. The number of nitrogens with zero attached hydrogens (tertiary/aromatic N) is 5. The van der Waals surface area contributed by atoms with E-state index in [1.807, 2.05) is 30.3 Å². The molecule has 6 bridgehead atoms. The molecule has 0 aliphatic carbocycles. The van der Waals surface area contributed by atoms with Gasteiger partial charge in [-0.25, -0.2) is 22.4 Å². The number of hydrogen-bond donors (Lipinski definition) is 1. The molecule has 1 amide bonds. The molecule has 4 aromatic rings. The molecule has 5 aliphatic rings. The number of alkyl carbamates (subject to hydrolysis) is 1. The first-order valence-corrected chi connectivity index (χ1v) is 16.5. The molecule has 2 aromatic heterocycles. The molecular weight excluding hydrogens is 628 g/mol. The number of ether oxygens (including phenoxy) is 2. The van der Waals surface area contributed by atoms with Crippen LogP contribution in [0.3, 0.4) is 0 Å². The molecule has 48 heavy (non-hydrogen) atoms. The van der Waals surface area contributed by atoms with E-state index in [1.165, 1.54) is 18.0 Å². The van der Waals surface area contributed by atoms with Crippen LogP contribution in [0.2, 0.25) is 0 Å². The fourth-order valence-electron chi connectivity index (χ4n) is 8.37. The second-order valence-corrected chi connectivity index (χ2v) is 14.0. The Balaban J connectivity index is 1.31. The zero-order chi connectivity index (χ0) is 33.3. The molecule has 252 valence electrons. The molecule has 13 heteroatoms. The number of nitrogens with one attached hydrogen (secondary N) is 1. The fourth-order valence-corrected chi connectivity index (χ4v) is 8.37. The minimum Gasteiger partial charge on any atom is -0.461 e. The third-order valence-electron chi connectivity index (χ3n) is 10.3. The maximum Gasteiger partial charge on any atom is 0.407 e. The number of aromatic nitrogens is 3. The summed E-state index contributed by atoms with van der Waals surface area (Å²) in [5.74, 6) is -3.97. The fraction of sp³-hybridized carbons (Fsp3) is 0.486. The molecule has 2 aromatic carbocycles. The van der Waals surface area contributed by atoms with E-state index in [0.29, 0.717) is 31.4 Å². The van der Waals surface area contributed by atoms with Gasteiger partial charge in [-0.1, -0.05) is 36.4 Å². The van der Waals surface area contributed by atoms with Crippen LogP contribution in [0.4, 0.5) is 28.2 Å². The number of hydrogen-bond acceptors (Lipinski definition) is 8. The van der Waals surface area contributed by atoms with Crippen LogP contribution in [-0.2, 0) is 11.2 Å². The standard InChI is InChI=1S/C35H36F4N6O3/c1-33-17-35(38,39)19-44(18-33)30-25-15-40-28(24-10-3-8-21-6-2-7-22(26(21)24)9-4-13-47-32(46)43-33)27(37)29(25)41-31(42-30)48-20-34-11-5-12-45(34)16-23(36)14-34/h2-3,6-8,10,15,23H,4-5,9,11-14,16-20H2,1H3,(H,43,46)/t23-,33+,34+/m1/s1. The Bertz CT molecular complexity index is 1920. The van der Waals surface area contributed by atoms with E-state index in [4.69, 9.17) is 9.47 Å². The molecule has 5 aliphatic heterocycles. The summed E-state index contributed by atoms with van der Waals surface area (Å²) in [6, 6.07) is 11.2. The minimum absolute atomic E-state index is 0.00668. The van der Waals surface area contributed by atoms with Gasteiger partial charge >= 0.3 is 12.1 Å². The van der Waals surface area contributed by atoms with Crippen molar-refractivity contribution in [3.8, 4) is 17.3 Å². The zero-order valence-corrected chi connectivity index (χ0v) is 26.6. The van der Waals surface area contributed by atoms with Crippen LogP contribution in [0, 0.1) is 5.82 Å². The van der Waals surface area contributed by atoms with Gasteiger partial charge in [0.15, 0.2) is 5.82 Å². The van der Waals surface area contributed by atoms with E-state index in [0.717, 1.165) is 35.7 Å². The van der Waals surface area contributed by atoms with E-state index in [9.17, 15) is 9.18 Å². The van der Waals surface area contributed by atoms with Crippen LogP contribution in [0.15, 0.2) is 42.6 Å². The van der Waals surface area contributed by atoms with Crippen molar-refractivity contribution in [1.82, 2.24) is 25.2 Å². The monoisotopic (exact) mass is 664 g/mol. The third-order valence-corrected chi connectivity index (χ3v) is 10.3. The van der Waals surface area contributed by atoms with Gasteiger partial charge in [0.05, 0.1) is 29.6 Å². The van der Waals surface area contributed by atoms with Crippen molar-refractivity contribution in [1.29, 1.82) is 0 Å². The van der Waals surface area contributed by atoms with Crippen LogP contribution >= 0.6 is 0 Å². The number of alkyl halides is 3. The molecule has 0 spiro atoms. The van der Waals surface area contributed by atoms with Crippen molar-refractivity contribution >= 4 is 33.6 Å². The summed E-state index contributed by atoms with van der Waals surface area (Å²) in [6.07, 6.45) is 1.92. The predicted molar refractivity (Wildman–Crippen MR) is 172 cm³/mol. The van der Waals surface area contributed by atoms with Crippen molar-refractivity contribution in [3.63, 3.8) is 0 Å². The highest BCUT2D eigenvalue weighted by Crippen LogP contribution is 2.42. The molecule has 3 fully saturated rings. The van der Waals surface area contributed by atoms with Crippen LogP contribution in [0.25, 0.3) is 32.9 Å². The zero-order valence-electron chi connectivity index (χ0n) is 26.6. The van der Waals surface area contributed by atoms with E-state index in [2.05, 4.69) is 25.2 Å². The van der Waals surface area contributed by atoms with Crippen molar-refractivity contribution in [3.05, 3.63) is 54.0 Å². The largest absolute Gasteiger partial charge is 0.461 e. The average molecular weight is 665 g/mol. The number of carbonyl (C=O) groups is 1. The van der Waals surface area contributed by atoms with Gasteiger partial charge in [-0.2, -0.15) is 9.97 Å². The van der Waals surface area contributed by atoms with Gasteiger partial charge in [0.1, 0.15) is 29.8 Å². The second-order valence-electron chi connectivity index (χ2n) is 14.0. The Morgan fingerprint density at radius 1 is 1.12 bits per heavy atom. The van der Waals surface area contributed by atoms with E-state index in [1.54, 1.807) is 6.07 Å². The van der Waals surface area contributed by atoms with Crippen LogP contribution < -0.4 is 15.0 Å². The quantitative estimate of drug-likeness (QED) is 0.259. The Labute approximate surface area is 274 Å². The Kier molecular flexibility index (Phi) is 7.39. The third kappa shape index (κ3) is 5.45. The molecule has 0 radical (unpaired) electrons. The van der Waals surface area contributed by atoms with Crippen LogP contribution in [-0.4, -0.2) is 88.5 Å². The van der Waals surface area contributed by atoms with Crippen molar-refractivity contribution in [2.24, 2.45) is 0 Å². The van der Waals surface area contributed by atoms with Gasteiger partial charge in [-0.05, 0) is 55.5 Å². The van der Waals surface area contributed by atoms with Crippen molar-refractivity contribution in [2.45, 2.75) is 68.6 Å². The van der Waals surface area contributed by atoms with Gasteiger partial charge in [0, 0.05) is 37.7 Å². The first kappa shape index (κ1) is 31.0. The van der Waals surface area contributed by atoms with Gasteiger partial charge in [0.25, 0.3) is 5.92 Å². The number of pyridine rings is 1. The smallest absolute Gasteiger partial charge is 0.407 e. The lowest BCUT2D eigenvalue weighted by molar-refractivity contribution is -0.0390. The summed E-state index contributed by atoms with van der Waals surface area (Å²) in [7, 11) is 0. The number of carbonyl (C=O) groups excluding carboxylic acids is 1. The summed E-state index contributed by atoms with van der Waals surface area (Å²) >= 11 is 0. The minimum atomic E-state index is -3.24. The summed E-state index contributed by atoms with van der Waals surface area (Å²) < 4.78 is 74.0. The summed E-state index contributed by atoms with van der Waals surface area (Å²) in [5.41, 5.74) is -0.557. The number of aryl methyl sites for hydroxylation is 1. The molecule has 9 nitrogen and oxygen atoms in total. The SMILES string of the molecule is C[C@@]12CN(CC(F)(F)C1)c1nc(OC[C@@]34CCCN3C[C@H](F)C4)nc3c(F)c(ncc13)-c1cccc3cccc(c13)CCCOC(=O)N2. The maximum atomic E-state index is 16.9. The van der Waals surface area contributed by atoms with Gasteiger partial charge < -0.3 is 19.7 Å². The number of anilines is 1. The normalized spacial score (nSPS) is 27.2. The van der Waals surface area contributed by atoms with Crippen LogP contribution in [0.1, 0.15) is 44.6 Å². The lowest BCUT2D eigenvalue weighted by Gasteiger charge is -2.44. The molecule has 3 saturated heterocycles. The predicted octanol–water partition coefficient (Wildman–Crippen LogP) is 6.22. The lowest BCUT2D eigenvalue weighted by atomic mass is 9.88. The lowest BCUT2D eigenvalue weighted by Crippen LogP contribution is -2.63. The Hall–Kier alpha value is -4.26. The number of fused-ring (bicyclic) bond motifs is 7. The Morgan fingerprint density at radius 3 is 2.81 bits per heavy atom. The highest BCUT2D eigenvalue weighted by molar-refractivity contribution is 6.00. The molecule has 9 rings (SSSR count). The highest BCUT2D eigenvalue weighted by Gasteiger charge is 2.50. The van der Waals surface area contributed by atoms with Crippen LogP contribution in [0.5, 0.6) is 6.01 Å². The average Bonchev–Trinajstić information content (AvgIpc) is 3.56. The second kappa shape index (κ2) is 11.4. The molecule has 1 N–H and O–H groups in total. The van der Waals surface area contributed by atoms with E-state index >= 15 is 13.2 Å². The Morgan fingerprint density at radius 2 is 1.96 bits per heavy atom. The highest BCUT2D eigenvalue weighted by atomic mass is 19.3. The van der Waals surface area contributed by atoms with Crippen molar-refractivity contribution in [2.75, 3.05) is 44.3 Å². The van der Waals surface area contributed by atoms with E-state index in [-0.39, 0.29) is 48.2 Å². The number of piperidine rings is 1. The van der Waals surface area contributed by atoms with Gasteiger partial charge in [0.2, 0.25) is 0 Å². The molecule has 7 heterocycles. The number of amides is 1. The molecule has 0 saturated carbocycles. The van der Waals surface area contributed by atoms with Crippen molar-refractivity contribution < 1.29 is 31.8 Å². The summed E-state index contributed by atoms with van der Waals surface area (Å²) in [6.45, 7) is 1.93. The maximum absolute atomic E-state index is 16.9. The number of halogens is 4.